The quantitative estimate of drug-likeness (QED) is 0.0842. The lowest BCUT2D eigenvalue weighted by Gasteiger charge is -2.42. The fraction of sp³-hybridized carbons (Fsp3) is 0.864. The molecule has 0 rings (SSSR count). The van der Waals surface area contributed by atoms with Gasteiger partial charge in [0.25, 0.3) is 0 Å². The zero-order chi connectivity index (χ0) is 24.2. The van der Waals surface area contributed by atoms with Gasteiger partial charge < -0.3 is 17.1 Å². The molecule has 9 heteroatoms. The molecule has 1 atom stereocenters. The van der Waals surface area contributed by atoms with E-state index in [4.69, 9.17) is 17.1 Å². The summed E-state index contributed by atoms with van der Waals surface area (Å²) in [5.74, 6) is -0.379. The van der Waals surface area contributed by atoms with Crippen molar-refractivity contribution in [2.45, 2.75) is 116 Å². The van der Waals surface area contributed by atoms with Crippen molar-refractivity contribution in [1.82, 2.24) is 0 Å². The van der Waals surface area contributed by atoms with Crippen molar-refractivity contribution >= 4 is 39.7 Å². The summed E-state index contributed by atoms with van der Waals surface area (Å²) in [6.07, 6.45) is 9.81. The van der Waals surface area contributed by atoms with Crippen LogP contribution < -0.4 is 0 Å². The van der Waals surface area contributed by atoms with Crippen LogP contribution in [0.1, 0.15) is 51.9 Å². The van der Waals surface area contributed by atoms with Crippen molar-refractivity contribution in [3.8, 4) is 0 Å². The number of carbonyl (C=O) groups is 1. The predicted molar refractivity (Wildman–Crippen MR) is 142 cm³/mol. The highest BCUT2D eigenvalue weighted by molar-refractivity contribution is 6.89. The minimum atomic E-state index is -2.45. The molecule has 184 valence electrons. The Morgan fingerprint density at radius 3 is 1.90 bits per heavy atom. The average Bonchev–Trinajstić information content (AvgIpc) is 2.58. The molecule has 0 spiro atoms. The lowest BCUT2D eigenvalue weighted by atomic mass is 10.1. The van der Waals surface area contributed by atoms with Crippen LogP contribution >= 0.6 is 0 Å². The van der Waals surface area contributed by atoms with Crippen molar-refractivity contribution in [3.63, 3.8) is 0 Å². The van der Waals surface area contributed by atoms with E-state index >= 15 is 0 Å². The van der Waals surface area contributed by atoms with E-state index in [1.165, 1.54) is 50.6 Å². The van der Waals surface area contributed by atoms with Gasteiger partial charge in [0.1, 0.15) is 0 Å². The van der Waals surface area contributed by atoms with Crippen LogP contribution in [-0.2, 0) is 21.9 Å². The lowest BCUT2D eigenvalue weighted by molar-refractivity contribution is -0.137. The second-order valence-corrected chi connectivity index (χ2v) is 27.0. The van der Waals surface area contributed by atoms with E-state index < -0.39 is 33.8 Å². The van der Waals surface area contributed by atoms with Crippen LogP contribution in [0.15, 0.2) is 12.7 Å². The summed E-state index contributed by atoms with van der Waals surface area (Å²) in [6, 6.07) is 1.98. The van der Waals surface area contributed by atoms with Crippen LogP contribution in [-0.4, -0.2) is 46.3 Å². The average molecular weight is 507 g/mol. The van der Waals surface area contributed by atoms with Crippen molar-refractivity contribution in [2.75, 3.05) is 6.61 Å². The summed E-state index contributed by atoms with van der Waals surface area (Å²) in [4.78, 5) is 11.3. The minimum absolute atomic E-state index is 0.368. The maximum atomic E-state index is 11.3. The van der Waals surface area contributed by atoms with Crippen LogP contribution in [0.5, 0.6) is 0 Å². The maximum Gasteiger partial charge on any atom is 0.330 e. The Morgan fingerprint density at radius 2 is 1.35 bits per heavy atom. The van der Waals surface area contributed by atoms with Crippen molar-refractivity contribution in [1.29, 1.82) is 0 Å². The molecule has 1 unspecified atom stereocenters. The largest absolute Gasteiger partial charge is 0.463 e. The molecule has 5 nitrogen and oxygen atoms in total. The molecular formula is C22H50O5Si4. The number of carbonyl (C=O) groups excluding carboxylic acids is 1. The standard InChI is InChI=1S/C22H50O5Si4/c1-11-13-14-15-16-17-20-29(6,7)26-30(8,9)27-31(10,25-28(3,4)5)21-18-19-24-22(23)12-2/h12H,2,11,13-21H2,1,3-10H3. The molecule has 0 aromatic heterocycles. The first-order chi connectivity index (χ1) is 14.1. The Hall–Kier alpha value is -0.0425. The van der Waals surface area contributed by atoms with E-state index in [9.17, 15) is 4.79 Å². The van der Waals surface area contributed by atoms with Gasteiger partial charge in [-0.05, 0) is 70.9 Å². The fourth-order valence-corrected chi connectivity index (χ4v) is 22.8. The highest BCUT2D eigenvalue weighted by Gasteiger charge is 2.44. The SMILES string of the molecule is C=CC(=O)OCCC[Si](C)(O[Si](C)(C)C)O[Si](C)(C)O[Si](C)(C)CCCCCCCC. The van der Waals surface area contributed by atoms with Crippen LogP contribution in [0, 0.1) is 0 Å². The molecule has 0 aliphatic rings. The Balaban J connectivity index is 4.88. The van der Waals surface area contributed by atoms with Crippen molar-refractivity contribution in [3.05, 3.63) is 12.7 Å². The number of rotatable bonds is 18. The first-order valence-electron chi connectivity index (χ1n) is 12.0. The Bertz CT molecular complexity index is 534. The van der Waals surface area contributed by atoms with Gasteiger partial charge in [0.05, 0.1) is 6.61 Å². The predicted octanol–water partition coefficient (Wildman–Crippen LogP) is 7.33. The molecule has 0 amide bonds. The van der Waals surface area contributed by atoms with Crippen LogP contribution in [0.2, 0.25) is 64.5 Å². The van der Waals surface area contributed by atoms with E-state index in [-0.39, 0.29) is 5.97 Å². The van der Waals surface area contributed by atoms with E-state index in [1.54, 1.807) is 0 Å². The summed E-state index contributed by atoms with van der Waals surface area (Å²) in [5, 5.41) is 0. The molecular weight excluding hydrogens is 457 g/mol. The highest BCUT2D eigenvalue weighted by Crippen LogP contribution is 2.29. The van der Waals surface area contributed by atoms with E-state index in [0.717, 1.165) is 12.5 Å². The Morgan fingerprint density at radius 1 is 0.774 bits per heavy atom. The third-order valence-corrected chi connectivity index (χ3v) is 19.7. The van der Waals surface area contributed by atoms with E-state index in [1.807, 2.05) is 0 Å². The Kier molecular flexibility index (Phi) is 14.2. The lowest BCUT2D eigenvalue weighted by Crippen LogP contribution is -2.57. The maximum absolute atomic E-state index is 11.3. The van der Waals surface area contributed by atoms with Gasteiger partial charge in [-0.3, -0.25) is 0 Å². The number of hydrogen-bond donors (Lipinski definition) is 0. The molecule has 0 aliphatic carbocycles. The topological polar surface area (TPSA) is 54.0 Å². The molecule has 0 saturated heterocycles. The summed E-state index contributed by atoms with van der Waals surface area (Å²) >= 11 is 0. The summed E-state index contributed by atoms with van der Waals surface area (Å²) in [7, 11) is -8.37. The molecule has 0 saturated carbocycles. The van der Waals surface area contributed by atoms with Gasteiger partial charge >= 0.3 is 23.1 Å². The molecule has 31 heavy (non-hydrogen) atoms. The van der Waals surface area contributed by atoms with E-state index in [2.05, 4.69) is 65.9 Å². The molecule has 0 aliphatic heterocycles. The first kappa shape index (κ1) is 31.0. The zero-order valence-corrected chi connectivity index (χ0v) is 25.9. The van der Waals surface area contributed by atoms with Crippen LogP contribution in [0.25, 0.3) is 0 Å². The molecule has 0 aromatic carbocycles. The number of hydrogen-bond acceptors (Lipinski definition) is 5. The van der Waals surface area contributed by atoms with E-state index in [0.29, 0.717) is 6.61 Å². The fourth-order valence-electron chi connectivity index (χ4n) is 3.98. The Labute approximate surface area is 197 Å². The number of esters is 1. The molecule has 0 N–H and O–H groups in total. The highest BCUT2D eigenvalue weighted by atomic mass is 28.5. The van der Waals surface area contributed by atoms with Gasteiger partial charge in [-0.2, -0.15) is 0 Å². The number of ether oxygens (including phenoxy) is 1. The smallest absolute Gasteiger partial charge is 0.330 e. The van der Waals surface area contributed by atoms with Gasteiger partial charge in [0, 0.05) is 6.08 Å². The summed E-state index contributed by atoms with van der Waals surface area (Å²) in [5.41, 5.74) is 0. The van der Waals surface area contributed by atoms with Gasteiger partial charge in [0.2, 0.25) is 0 Å². The molecule has 0 aromatic rings. The number of unbranched alkanes of at least 4 members (excludes halogenated alkanes) is 5. The molecule has 0 radical (unpaired) electrons. The van der Waals surface area contributed by atoms with Gasteiger partial charge in [-0.15, -0.1) is 0 Å². The van der Waals surface area contributed by atoms with Gasteiger partial charge in [-0.1, -0.05) is 52.0 Å². The zero-order valence-electron chi connectivity index (χ0n) is 21.9. The second-order valence-electron chi connectivity index (χ2n) is 10.7. The first-order valence-corrected chi connectivity index (χ1v) is 23.9. The van der Waals surface area contributed by atoms with Crippen molar-refractivity contribution < 1.29 is 21.9 Å². The van der Waals surface area contributed by atoms with Gasteiger partial charge in [-0.25, -0.2) is 4.79 Å². The molecule has 0 bridgehead atoms. The third-order valence-electron chi connectivity index (χ3n) is 4.82. The van der Waals surface area contributed by atoms with Crippen molar-refractivity contribution in [2.24, 2.45) is 0 Å². The van der Waals surface area contributed by atoms with Crippen LogP contribution in [0.4, 0.5) is 0 Å². The second kappa shape index (κ2) is 14.3. The molecule has 0 heterocycles. The third kappa shape index (κ3) is 17.1. The van der Waals surface area contributed by atoms with Gasteiger partial charge in [0.15, 0.2) is 16.6 Å². The minimum Gasteiger partial charge on any atom is -0.463 e. The normalized spacial score (nSPS) is 14.9. The monoisotopic (exact) mass is 506 g/mol. The summed E-state index contributed by atoms with van der Waals surface area (Å²) < 4.78 is 25.3. The summed E-state index contributed by atoms with van der Waals surface area (Å²) in [6.45, 7) is 23.8. The molecule has 0 fully saturated rings. The van der Waals surface area contributed by atoms with Crippen LogP contribution in [0.3, 0.4) is 0 Å².